The molecule has 1 fully saturated rings. The number of hydrogen-bond acceptors (Lipinski definition) is 3. The molecule has 0 bridgehead atoms. The Morgan fingerprint density at radius 3 is 2.42 bits per heavy atom. The van der Waals surface area contributed by atoms with Crippen molar-refractivity contribution in [1.82, 2.24) is 4.72 Å². The molecule has 4 N–H and O–H groups in total. The number of anilines is 1. The lowest BCUT2D eigenvalue weighted by Gasteiger charge is -2.08. The number of nitrogens with two attached hydrogens (primary N) is 1. The molecule has 1 saturated carbocycles. The second-order valence-corrected chi connectivity index (χ2v) is 8.38. The molecule has 0 unspecified atom stereocenters. The highest BCUT2D eigenvalue weighted by Gasteiger charge is 2.27. The summed E-state index contributed by atoms with van der Waals surface area (Å²) in [5.41, 5.74) is 10.1. The average Bonchev–Trinajstić information content (AvgIpc) is 3.40. The van der Waals surface area contributed by atoms with Gasteiger partial charge in [-0.05, 0) is 67.6 Å². The summed E-state index contributed by atoms with van der Waals surface area (Å²) in [5, 5.41) is 3.07. The van der Waals surface area contributed by atoms with Crippen LogP contribution < -0.4 is 15.8 Å². The van der Waals surface area contributed by atoms with Crippen molar-refractivity contribution < 1.29 is 8.42 Å². The molecule has 1 aliphatic rings. The van der Waals surface area contributed by atoms with Crippen LogP contribution in [0.25, 0.3) is 0 Å². The molecule has 0 atom stereocenters. The molecule has 1 aliphatic carbocycles. The van der Waals surface area contributed by atoms with Crippen molar-refractivity contribution in [2.75, 3.05) is 5.32 Å². The van der Waals surface area contributed by atoms with Gasteiger partial charge in [0.1, 0.15) is 0 Å². The van der Waals surface area contributed by atoms with Crippen LogP contribution in [0.15, 0.2) is 52.4 Å². The molecule has 0 spiro atoms. The zero-order valence-corrected chi connectivity index (χ0v) is 15.8. The second-order valence-electron chi connectivity index (χ2n) is 6.67. The van der Waals surface area contributed by atoms with Crippen LogP contribution in [0.4, 0.5) is 5.69 Å². The number of rotatable bonds is 6. The lowest BCUT2D eigenvalue weighted by Crippen LogP contribution is -2.25. The van der Waals surface area contributed by atoms with E-state index < -0.39 is 10.0 Å². The first-order chi connectivity index (χ1) is 12.3. The number of aryl methyl sites for hydroxylation is 2. The molecule has 3 rings (SSSR count). The van der Waals surface area contributed by atoms with Gasteiger partial charge >= 0.3 is 0 Å². The summed E-state index contributed by atoms with van der Waals surface area (Å²) in [6.45, 7) is 4.47. The fraction of sp³-hybridized carbons (Fsp3) is 0.316. The Morgan fingerprint density at radius 1 is 1.12 bits per heavy atom. The molecular formula is C19H24N4O2S. The number of nitrogens with zero attached hydrogens (tertiary/aromatic N) is 1. The van der Waals surface area contributed by atoms with Crippen molar-refractivity contribution in [3.63, 3.8) is 0 Å². The lowest BCUT2D eigenvalue weighted by atomic mass is 10.1. The van der Waals surface area contributed by atoms with Gasteiger partial charge in [0.25, 0.3) is 0 Å². The van der Waals surface area contributed by atoms with Gasteiger partial charge < -0.3 is 11.1 Å². The molecule has 0 amide bonds. The van der Waals surface area contributed by atoms with Crippen LogP contribution in [0, 0.1) is 13.8 Å². The SMILES string of the molecule is Cc1ccc(NC(N)=NCc2ccc(S(=O)(=O)NC3CC3)cc2)cc1C. The number of guanidine groups is 1. The smallest absolute Gasteiger partial charge is 0.240 e. The summed E-state index contributed by atoms with van der Waals surface area (Å²) in [6, 6.07) is 12.8. The monoisotopic (exact) mass is 372 g/mol. The Bertz CT molecular complexity index is 917. The van der Waals surface area contributed by atoms with E-state index in [0.717, 1.165) is 24.1 Å². The Morgan fingerprint density at radius 2 is 1.81 bits per heavy atom. The van der Waals surface area contributed by atoms with Gasteiger partial charge in [-0.2, -0.15) is 0 Å². The third kappa shape index (κ3) is 4.83. The number of benzene rings is 2. The molecule has 2 aromatic rings. The van der Waals surface area contributed by atoms with Gasteiger partial charge in [0.15, 0.2) is 5.96 Å². The van der Waals surface area contributed by atoms with E-state index in [0.29, 0.717) is 12.5 Å². The zero-order chi connectivity index (χ0) is 18.7. The van der Waals surface area contributed by atoms with Crippen LogP contribution in [0.2, 0.25) is 0 Å². The fourth-order valence-corrected chi connectivity index (χ4v) is 3.75. The molecule has 0 aromatic heterocycles. The summed E-state index contributed by atoms with van der Waals surface area (Å²) >= 11 is 0. The number of hydrogen-bond donors (Lipinski definition) is 3. The highest BCUT2D eigenvalue weighted by molar-refractivity contribution is 7.89. The van der Waals surface area contributed by atoms with Crippen molar-refractivity contribution in [2.24, 2.45) is 10.7 Å². The summed E-state index contributed by atoms with van der Waals surface area (Å²) in [4.78, 5) is 4.59. The van der Waals surface area contributed by atoms with Crippen molar-refractivity contribution in [3.05, 3.63) is 59.2 Å². The Kier molecular flexibility index (Phi) is 5.29. The predicted octanol–water partition coefficient (Wildman–Crippen LogP) is 2.67. The molecular weight excluding hydrogens is 348 g/mol. The van der Waals surface area contributed by atoms with Crippen LogP contribution in [0.1, 0.15) is 29.5 Å². The van der Waals surface area contributed by atoms with Gasteiger partial charge in [0.05, 0.1) is 11.4 Å². The quantitative estimate of drug-likeness (QED) is 0.536. The van der Waals surface area contributed by atoms with Crippen LogP contribution in [0.3, 0.4) is 0 Å². The number of sulfonamides is 1. The first kappa shape index (κ1) is 18.4. The second kappa shape index (κ2) is 7.47. The Balaban J connectivity index is 1.61. The van der Waals surface area contributed by atoms with E-state index in [1.54, 1.807) is 24.3 Å². The van der Waals surface area contributed by atoms with E-state index in [1.165, 1.54) is 11.1 Å². The van der Waals surface area contributed by atoms with E-state index in [1.807, 2.05) is 25.1 Å². The fourth-order valence-electron chi connectivity index (χ4n) is 2.45. The van der Waals surface area contributed by atoms with E-state index in [9.17, 15) is 8.42 Å². The Hall–Kier alpha value is -2.38. The summed E-state index contributed by atoms with van der Waals surface area (Å²) in [5.74, 6) is 0.320. The third-order valence-corrected chi connectivity index (χ3v) is 5.88. The van der Waals surface area contributed by atoms with Gasteiger partial charge in [-0.3, -0.25) is 0 Å². The standard InChI is InChI=1S/C19H24N4O2S/c1-13-3-6-17(11-14(13)2)22-19(20)21-12-15-4-9-18(10-5-15)26(24,25)23-16-7-8-16/h3-6,9-11,16,23H,7-8,12H2,1-2H3,(H3,20,21,22). The van der Waals surface area contributed by atoms with Crippen LogP contribution in [0.5, 0.6) is 0 Å². The Labute approximate surface area is 154 Å². The van der Waals surface area contributed by atoms with Gasteiger partial charge in [-0.1, -0.05) is 18.2 Å². The highest BCUT2D eigenvalue weighted by atomic mass is 32.2. The maximum absolute atomic E-state index is 12.1. The largest absolute Gasteiger partial charge is 0.370 e. The van der Waals surface area contributed by atoms with E-state index in [4.69, 9.17) is 5.73 Å². The molecule has 0 aliphatic heterocycles. The molecule has 2 aromatic carbocycles. The third-order valence-electron chi connectivity index (χ3n) is 4.34. The zero-order valence-electron chi connectivity index (χ0n) is 15.0. The van der Waals surface area contributed by atoms with Gasteiger partial charge in [-0.15, -0.1) is 0 Å². The molecule has 0 heterocycles. The molecule has 0 saturated heterocycles. The first-order valence-corrected chi connectivity index (χ1v) is 10.1. The van der Waals surface area contributed by atoms with E-state index >= 15 is 0 Å². The minimum atomic E-state index is -3.42. The van der Waals surface area contributed by atoms with Crippen LogP contribution in [-0.4, -0.2) is 20.4 Å². The van der Waals surface area contributed by atoms with E-state index in [-0.39, 0.29) is 10.9 Å². The summed E-state index contributed by atoms with van der Waals surface area (Å²) < 4.78 is 27.0. The maximum atomic E-state index is 12.1. The summed E-state index contributed by atoms with van der Waals surface area (Å²) in [6.07, 6.45) is 1.83. The highest BCUT2D eigenvalue weighted by Crippen LogP contribution is 2.22. The lowest BCUT2D eigenvalue weighted by molar-refractivity contribution is 0.581. The van der Waals surface area contributed by atoms with Crippen LogP contribution in [-0.2, 0) is 16.6 Å². The minimum Gasteiger partial charge on any atom is -0.370 e. The van der Waals surface area contributed by atoms with Crippen molar-refractivity contribution >= 4 is 21.7 Å². The van der Waals surface area contributed by atoms with E-state index in [2.05, 4.69) is 22.0 Å². The normalized spacial score (nSPS) is 15.1. The van der Waals surface area contributed by atoms with Crippen molar-refractivity contribution in [3.8, 4) is 0 Å². The van der Waals surface area contributed by atoms with Crippen molar-refractivity contribution in [1.29, 1.82) is 0 Å². The van der Waals surface area contributed by atoms with Gasteiger partial charge in [-0.25, -0.2) is 18.1 Å². The topological polar surface area (TPSA) is 96.6 Å². The van der Waals surface area contributed by atoms with Crippen molar-refractivity contribution in [2.45, 2.75) is 44.2 Å². The maximum Gasteiger partial charge on any atom is 0.240 e. The molecule has 7 heteroatoms. The molecule has 26 heavy (non-hydrogen) atoms. The first-order valence-electron chi connectivity index (χ1n) is 8.59. The predicted molar refractivity (Wildman–Crippen MR) is 105 cm³/mol. The van der Waals surface area contributed by atoms with Gasteiger partial charge in [0, 0.05) is 11.7 Å². The summed E-state index contributed by atoms with van der Waals surface area (Å²) in [7, 11) is -3.42. The molecule has 6 nitrogen and oxygen atoms in total. The average molecular weight is 372 g/mol. The molecule has 0 radical (unpaired) electrons. The number of nitrogens with one attached hydrogen (secondary N) is 2. The molecule has 138 valence electrons. The van der Waals surface area contributed by atoms with Crippen LogP contribution >= 0.6 is 0 Å². The van der Waals surface area contributed by atoms with Gasteiger partial charge in [0.2, 0.25) is 10.0 Å². The number of aliphatic imine (C=N–C) groups is 1. The minimum absolute atomic E-state index is 0.0977.